The summed E-state index contributed by atoms with van der Waals surface area (Å²) < 4.78 is 17.4. The second-order valence-corrected chi connectivity index (χ2v) is 4.30. The van der Waals surface area contributed by atoms with Crippen molar-refractivity contribution in [2.75, 3.05) is 12.8 Å². The number of halogens is 1. The molecule has 18 heavy (non-hydrogen) atoms. The van der Waals surface area contributed by atoms with E-state index in [4.69, 9.17) is 5.73 Å². The quantitative estimate of drug-likeness (QED) is 0.625. The maximum atomic E-state index is 12.8. The highest BCUT2D eigenvalue weighted by molar-refractivity contribution is 6.01. The van der Waals surface area contributed by atoms with Crippen LogP contribution in [0.5, 0.6) is 0 Å². The van der Waals surface area contributed by atoms with E-state index in [0.29, 0.717) is 0 Å². The molecule has 0 aromatic heterocycles. The maximum absolute atomic E-state index is 12.8. The number of carbonyl (C=O) groups excluding carboxylic acids is 2. The summed E-state index contributed by atoms with van der Waals surface area (Å²) in [6.07, 6.45) is 0. The van der Waals surface area contributed by atoms with Gasteiger partial charge in [-0.3, -0.25) is 4.79 Å². The molecule has 6 heteroatoms. The third-order valence-electron chi connectivity index (χ3n) is 2.38. The zero-order valence-corrected chi connectivity index (χ0v) is 10.4. The molecule has 0 fully saturated rings. The van der Waals surface area contributed by atoms with Crippen LogP contribution >= 0.6 is 0 Å². The Morgan fingerprint density at radius 1 is 1.39 bits per heavy atom. The Bertz CT molecular complexity index is 486. The largest absolute Gasteiger partial charge is 0.467 e. The maximum Gasteiger partial charge on any atom is 0.330 e. The normalized spacial score (nSPS) is 10.9. The SMILES string of the molecule is COC(=O)C(C)(C)NC(=O)c1ccc(F)cc1N. The number of nitrogen functional groups attached to an aromatic ring is 1. The van der Waals surface area contributed by atoms with Crippen LogP contribution < -0.4 is 11.1 Å². The van der Waals surface area contributed by atoms with Crippen LogP contribution in [-0.2, 0) is 9.53 Å². The van der Waals surface area contributed by atoms with Crippen molar-refractivity contribution < 1.29 is 18.7 Å². The topological polar surface area (TPSA) is 81.4 Å². The Balaban J connectivity index is 2.92. The van der Waals surface area contributed by atoms with Gasteiger partial charge >= 0.3 is 5.97 Å². The van der Waals surface area contributed by atoms with Crippen LogP contribution in [0.3, 0.4) is 0 Å². The number of hydrogen-bond donors (Lipinski definition) is 2. The van der Waals surface area contributed by atoms with Crippen molar-refractivity contribution in [1.29, 1.82) is 0 Å². The second-order valence-electron chi connectivity index (χ2n) is 4.30. The molecule has 1 amide bonds. The van der Waals surface area contributed by atoms with E-state index in [2.05, 4.69) is 10.1 Å². The Morgan fingerprint density at radius 2 is 2.00 bits per heavy atom. The van der Waals surface area contributed by atoms with Crippen LogP contribution in [0.15, 0.2) is 18.2 Å². The summed E-state index contributed by atoms with van der Waals surface area (Å²) in [5, 5.41) is 2.47. The molecule has 0 aliphatic rings. The zero-order chi connectivity index (χ0) is 13.9. The van der Waals surface area contributed by atoms with E-state index >= 15 is 0 Å². The molecule has 1 aromatic carbocycles. The Labute approximate surface area is 104 Å². The second kappa shape index (κ2) is 5.03. The molecular weight excluding hydrogens is 239 g/mol. The molecule has 0 saturated heterocycles. The zero-order valence-electron chi connectivity index (χ0n) is 10.4. The lowest BCUT2D eigenvalue weighted by Gasteiger charge is -2.23. The van der Waals surface area contributed by atoms with Crippen molar-refractivity contribution in [3.63, 3.8) is 0 Å². The van der Waals surface area contributed by atoms with Crippen molar-refractivity contribution in [2.45, 2.75) is 19.4 Å². The van der Waals surface area contributed by atoms with Gasteiger partial charge in [0.25, 0.3) is 5.91 Å². The number of benzene rings is 1. The third kappa shape index (κ3) is 2.97. The van der Waals surface area contributed by atoms with Gasteiger partial charge in [-0.05, 0) is 32.0 Å². The molecule has 0 saturated carbocycles. The number of methoxy groups -OCH3 is 1. The van der Waals surface area contributed by atoms with Gasteiger partial charge < -0.3 is 15.8 Å². The highest BCUT2D eigenvalue weighted by Gasteiger charge is 2.31. The molecule has 0 bridgehead atoms. The molecule has 0 aliphatic carbocycles. The molecule has 1 rings (SSSR count). The van der Waals surface area contributed by atoms with Crippen molar-refractivity contribution in [3.05, 3.63) is 29.6 Å². The Morgan fingerprint density at radius 3 is 2.50 bits per heavy atom. The first-order chi connectivity index (χ1) is 8.27. The smallest absolute Gasteiger partial charge is 0.330 e. The number of rotatable bonds is 3. The molecule has 5 nitrogen and oxygen atoms in total. The summed E-state index contributed by atoms with van der Waals surface area (Å²) in [5.41, 5.74) is 4.46. The fraction of sp³-hybridized carbons (Fsp3) is 0.333. The summed E-state index contributed by atoms with van der Waals surface area (Å²) in [5.74, 6) is -1.68. The average molecular weight is 254 g/mol. The highest BCUT2D eigenvalue weighted by atomic mass is 19.1. The number of nitrogens with two attached hydrogens (primary N) is 1. The molecule has 0 unspecified atom stereocenters. The van der Waals surface area contributed by atoms with E-state index in [1.54, 1.807) is 0 Å². The fourth-order valence-corrected chi connectivity index (χ4v) is 1.40. The standard InChI is InChI=1S/C12H15FN2O3/c1-12(2,11(17)18-3)15-10(16)8-5-4-7(13)6-9(8)14/h4-6H,14H2,1-3H3,(H,15,16). The average Bonchev–Trinajstić information content (AvgIpc) is 2.26. The van der Waals surface area contributed by atoms with Crippen molar-refractivity contribution in [1.82, 2.24) is 5.32 Å². The van der Waals surface area contributed by atoms with Gasteiger partial charge in [-0.2, -0.15) is 0 Å². The lowest BCUT2D eigenvalue weighted by atomic mass is 10.0. The highest BCUT2D eigenvalue weighted by Crippen LogP contribution is 2.15. The van der Waals surface area contributed by atoms with Crippen LogP contribution in [0, 0.1) is 5.82 Å². The first kappa shape index (κ1) is 14.0. The molecule has 0 atom stereocenters. The number of hydrogen-bond acceptors (Lipinski definition) is 4. The predicted octanol–water partition coefficient (Wildman–Crippen LogP) is 1.09. The van der Waals surface area contributed by atoms with E-state index in [9.17, 15) is 14.0 Å². The molecule has 3 N–H and O–H groups in total. The Kier molecular flexibility index (Phi) is 3.90. The van der Waals surface area contributed by atoms with Crippen LogP contribution in [0.1, 0.15) is 24.2 Å². The first-order valence-corrected chi connectivity index (χ1v) is 5.24. The lowest BCUT2D eigenvalue weighted by molar-refractivity contribution is -0.146. The number of esters is 1. The van der Waals surface area contributed by atoms with E-state index in [1.807, 2.05) is 0 Å². The van der Waals surface area contributed by atoms with Gasteiger partial charge in [0.1, 0.15) is 11.4 Å². The van der Waals surface area contributed by atoms with Crippen molar-refractivity contribution in [3.8, 4) is 0 Å². The minimum atomic E-state index is -1.19. The Hall–Kier alpha value is -2.11. The van der Waals surface area contributed by atoms with E-state index < -0.39 is 23.2 Å². The third-order valence-corrected chi connectivity index (χ3v) is 2.38. The molecule has 0 radical (unpaired) electrons. The van der Waals surface area contributed by atoms with Gasteiger partial charge in [0.15, 0.2) is 0 Å². The van der Waals surface area contributed by atoms with Gasteiger partial charge in [0.05, 0.1) is 12.7 Å². The van der Waals surface area contributed by atoms with Crippen molar-refractivity contribution in [2.24, 2.45) is 0 Å². The van der Waals surface area contributed by atoms with Crippen LogP contribution in [0.4, 0.5) is 10.1 Å². The van der Waals surface area contributed by atoms with Crippen LogP contribution in [0.2, 0.25) is 0 Å². The van der Waals surface area contributed by atoms with E-state index in [-0.39, 0.29) is 11.3 Å². The fourth-order valence-electron chi connectivity index (χ4n) is 1.40. The molecule has 98 valence electrons. The number of anilines is 1. The van der Waals surface area contributed by atoms with Gasteiger partial charge in [-0.15, -0.1) is 0 Å². The number of ether oxygens (including phenoxy) is 1. The van der Waals surface area contributed by atoms with E-state index in [0.717, 1.165) is 12.1 Å². The molecule has 1 aromatic rings. The molecule has 0 aliphatic heterocycles. The molecule has 0 heterocycles. The van der Waals surface area contributed by atoms with Gasteiger partial charge in [-0.25, -0.2) is 9.18 Å². The summed E-state index contributed by atoms with van der Waals surface area (Å²) in [6, 6.07) is 3.42. The summed E-state index contributed by atoms with van der Waals surface area (Å²) in [7, 11) is 1.22. The summed E-state index contributed by atoms with van der Waals surface area (Å²) in [6.45, 7) is 2.99. The number of nitrogens with one attached hydrogen (secondary N) is 1. The summed E-state index contributed by atoms with van der Waals surface area (Å²) in [4.78, 5) is 23.3. The lowest BCUT2D eigenvalue weighted by Crippen LogP contribution is -2.50. The van der Waals surface area contributed by atoms with Crippen molar-refractivity contribution >= 4 is 17.6 Å². The first-order valence-electron chi connectivity index (χ1n) is 5.24. The van der Waals surface area contributed by atoms with Gasteiger partial charge in [0.2, 0.25) is 0 Å². The summed E-state index contributed by atoms with van der Waals surface area (Å²) >= 11 is 0. The predicted molar refractivity (Wildman–Crippen MR) is 64.4 cm³/mol. The van der Waals surface area contributed by atoms with Crippen LogP contribution in [0.25, 0.3) is 0 Å². The number of carbonyl (C=O) groups is 2. The minimum absolute atomic E-state index is 0.00756. The van der Waals surface area contributed by atoms with Gasteiger partial charge in [0, 0.05) is 5.69 Å². The minimum Gasteiger partial charge on any atom is -0.467 e. The molecular formula is C12H15FN2O3. The monoisotopic (exact) mass is 254 g/mol. The van der Waals surface area contributed by atoms with E-state index in [1.165, 1.54) is 27.0 Å². The number of amides is 1. The molecule has 0 spiro atoms. The van der Waals surface area contributed by atoms with Crippen LogP contribution in [-0.4, -0.2) is 24.5 Å². The van der Waals surface area contributed by atoms with Gasteiger partial charge in [-0.1, -0.05) is 0 Å².